The van der Waals surface area contributed by atoms with E-state index in [0.717, 1.165) is 16.7 Å². The standard InChI is InChI=1S/C18H16BNO2/c1-3-13(15-7-5-4-6-14(15)11(2)21)12-8-9-16(18(20)22)17(19)10-12/h3-10H,1-2H3,(H2,20,22)/b13-3-. The van der Waals surface area contributed by atoms with Crippen LogP contribution >= 0.6 is 0 Å². The van der Waals surface area contributed by atoms with Crippen LogP contribution in [0.5, 0.6) is 0 Å². The summed E-state index contributed by atoms with van der Waals surface area (Å²) in [6.45, 7) is 3.43. The molecule has 2 radical (unpaired) electrons. The van der Waals surface area contributed by atoms with Crippen molar-refractivity contribution in [3.05, 3.63) is 70.8 Å². The molecule has 0 aliphatic carbocycles. The molecule has 4 heteroatoms. The van der Waals surface area contributed by atoms with E-state index < -0.39 is 5.91 Å². The van der Waals surface area contributed by atoms with Crippen molar-refractivity contribution < 1.29 is 9.59 Å². The van der Waals surface area contributed by atoms with Crippen molar-refractivity contribution in [2.75, 3.05) is 0 Å². The Morgan fingerprint density at radius 1 is 1.05 bits per heavy atom. The molecular formula is C18H16BNO2. The SMILES string of the molecule is [B]c1cc(/C(=C/C)c2ccccc2C(C)=O)ccc1C(N)=O. The van der Waals surface area contributed by atoms with E-state index in [-0.39, 0.29) is 5.78 Å². The topological polar surface area (TPSA) is 60.2 Å². The predicted octanol–water partition coefficient (Wildman–Crippen LogP) is 2.23. The lowest BCUT2D eigenvalue weighted by atomic mass is 9.85. The van der Waals surface area contributed by atoms with Gasteiger partial charge in [-0.1, -0.05) is 47.9 Å². The number of ketones is 1. The van der Waals surface area contributed by atoms with E-state index in [2.05, 4.69) is 0 Å². The number of hydrogen-bond acceptors (Lipinski definition) is 2. The Hall–Kier alpha value is -2.62. The Kier molecular flexibility index (Phi) is 4.61. The Morgan fingerprint density at radius 3 is 2.18 bits per heavy atom. The van der Waals surface area contributed by atoms with Gasteiger partial charge in [0.1, 0.15) is 7.85 Å². The van der Waals surface area contributed by atoms with E-state index in [1.54, 1.807) is 24.3 Å². The summed E-state index contributed by atoms with van der Waals surface area (Å²) in [5, 5.41) is 0. The van der Waals surface area contributed by atoms with E-state index in [1.807, 2.05) is 31.2 Å². The largest absolute Gasteiger partial charge is 0.366 e. The lowest BCUT2D eigenvalue weighted by Gasteiger charge is -2.13. The molecule has 1 amide bonds. The lowest BCUT2D eigenvalue weighted by molar-refractivity contribution is 0.0997. The summed E-state index contributed by atoms with van der Waals surface area (Å²) in [6, 6.07) is 12.5. The minimum absolute atomic E-state index is 0.00308. The first-order valence-corrected chi connectivity index (χ1v) is 6.92. The Balaban J connectivity index is 2.58. The van der Waals surface area contributed by atoms with Gasteiger partial charge in [0.2, 0.25) is 5.91 Å². The lowest BCUT2D eigenvalue weighted by Crippen LogP contribution is -2.22. The molecule has 2 aromatic rings. The quantitative estimate of drug-likeness (QED) is 0.693. The molecule has 0 aliphatic rings. The maximum atomic E-state index is 11.8. The van der Waals surface area contributed by atoms with Gasteiger partial charge in [0.05, 0.1) is 0 Å². The summed E-state index contributed by atoms with van der Waals surface area (Å²) in [4.78, 5) is 23.1. The third-order valence-corrected chi connectivity index (χ3v) is 3.51. The molecule has 0 fully saturated rings. The average molecular weight is 289 g/mol. The molecule has 22 heavy (non-hydrogen) atoms. The van der Waals surface area contributed by atoms with Gasteiger partial charge >= 0.3 is 0 Å². The fourth-order valence-electron chi connectivity index (χ4n) is 2.46. The highest BCUT2D eigenvalue weighted by Gasteiger charge is 2.13. The maximum Gasteiger partial charge on any atom is 0.248 e. The molecule has 2 N–H and O–H groups in total. The summed E-state index contributed by atoms with van der Waals surface area (Å²) in [6.07, 6.45) is 1.92. The van der Waals surface area contributed by atoms with E-state index in [9.17, 15) is 9.59 Å². The van der Waals surface area contributed by atoms with Crippen molar-refractivity contribution in [1.82, 2.24) is 0 Å². The summed E-state index contributed by atoms with van der Waals surface area (Å²) < 4.78 is 0. The number of nitrogens with two attached hydrogens (primary N) is 1. The molecule has 0 heterocycles. The second kappa shape index (κ2) is 6.44. The van der Waals surface area contributed by atoms with Gasteiger partial charge in [-0.25, -0.2) is 0 Å². The van der Waals surface area contributed by atoms with Crippen LogP contribution < -0.4 is 11.2 Å². The normalized spacial score (nSPS) is 11.3. The molecule has 0 unspecified atom stereocenters. The van der Waals surface area contributed by atoms with Gasteiger partial charge in [0.25, 0.3) is 0 Å². The summed E-state index contributed by atoms with van der Waals surface area (Å²) in [5.41, 5.74) is 9.08. The first-order chi connectivity index (χ1) is 10.5. The smallest absolute Gasteiger partial charge is 0.248 e. The molecule has 0 atom stereocenters. The van der Waals surface area contributed by atoms with E-state index in [0.29, 0.717) is 16.6 Å². The number of Topliss-reactive ketones (excluding diaryl/α,β-unsaturated/α-hetero) is 1. The van der Waals surface area contributed by atoms with Gasteiger partial charge in [0.15, 0.2) is 5.78 Å². The number of amides is 1. The van der Waals surface area contributed by atoms with Crippen LogP contribution in [0.25, 0.3) is 5.57 Å². The Morgan fingerprint density at radius 2 is 1.68 bits per heavy atom. The first kappa shape index (κ1) is 15.8. The van der Waals surface area contributed by atoms with Crippen LogP contribution in [-0.4, -0.2) is 19.5 Å². The number of benzene rings is 2. The molecule has 0 aromatic heterocycles. The highest BCUT2D eigenvalue weighted by molar-refractivity contribution is 6.36. The van der Waals surface area contributed by atoms with Gasteiger partial charge < -0.3 is 5.73 Å². The molecule has 0 bridgehead atoms. The van der Waals surface area contributed by atoms with E-state index in [4.69, 9.17) is 13.6 Å². The molecule has 2 aromatic carbocycles. The number of carbonyl (C=O) groups is 2. The number of allylic oxidation sites excluding steroid dienone is 1. The summed E-state index contributed by atoms with van der Waals surface area (Å²) in [7, 11) is 5.90. The van der Waals surface area contributed by atoms with Crippen molar-refractivity contribution in [2.45, 2.75) is 13.8 Å². The van der Waals surface area contributed by atoms with Crippen molar-refractivity contribution in [2.24, 2.45) is 5.73 Å². The fraction of sp³-hybridized carbons (Fsp3) is 0.111. The maximum absolute atomic E-state index is 11.8. The minimum atomic E-state index is -0.560. The zero-order chi connectivity index (χ0) is 16.3. The molecule has 0 saturated carbocycles. The van der Waals surface area contributed by atoms with Crippen molar-refractivity contribution >= 4 is 30.6 Å². The highest BCUT2D eigenvalue weighted by Crippen LogP contribution is 2.26. The molecule has 0 aliphatic heterocycles. The molecule has 2 rings (SSSR count). The van der Waals surface area contributed by atoms with Gasteiger partial charge in [-0.2, -0.15) is 0 Å². The van der Waals surface area contributed by atoms with Gasteiger partial charge in [0, 0.05) is 11.1 Å². The molecule has 108 valence electrons. The third kappa shape index (κ3) is 3.01. The Labute approximate surface area is 131 Å². The molecule has 0 spiro atoms. The van der Waals surface area contributed by atoms with Crippen LogP contribution in [0, 0.1) is 0 Å². The predicted molar refractivity (Wildman–Crippen MR) is 89.5 cm³/mol. The average Bonchev–Trinajstić information content (AvgIpc) is 2.48. The number of carbonyl (C=O) groups excluding carboxylic acids is 2. The van der Waals surface area contributed by atoms with Crippen LogP contribution in [0.4, 0.5) is 0 Å². The number of primary amides is 1. The zero-order valence-electron chi connectivity index (χ0n) is 12.6. The monoisotopic (exact) mass is 289 g/mol. The summed E-state index contributed by atoms with van der Waals surface area (Å²) >= 11 is 0. The van der Waals surface area contributed by atoms with Crippen LogP contribution in [0.3, 0.4) is 0 Å². The van der Waals surface area contributed by atoms with Crippen molar-refractivity contribution in [3.8, 4) is 0 Å². The van der Waals surface area contributed by atoms with Crippen LogP contribution in [-0.2, 0) is 0 Å². The van der Waals surface area contributed by atoms with Crippen molar-refractivity contribution in [1.29, 1.82) is 0 Å². The second-order valence-electron chi connectivity index (χ2n) is 4.97. The van der Waals surface area contributed by atoms with Crippen LogP contribution in [0.2, 0.25) is 0 Å². The molecule has 0 saturated heterocycles. The fourth-order valence-corrected chi connectivity index (χ4v) is 2.46. The van der Waals surface area contributed by atoms with Gasteiger partial charge in [-0.05, 0) is 36.6 Å². The van der Waals surface area contributed by atoms with E-state index in [1.165, 1.54) is 6.92 Å². The number of rotatable bonds is 4. The Bertz CT molecular complexity index is 778. The van der Waals surface area contributed by atoms with Crippen molar-refractivity contribution in [3.63, 3.8) is 0 Å². The zero-order valence-corrected chi connectivity index (χ0v) is 12.6. The van der Waals surface area contributed by atoms with Gasteiger partial charge in [-0.15, -0.1) is 0 Å². The number of hydrogen-bond donors (Lipinski definition) is 1. The highest BCUT2D eigenvalue weighted by atomic mass is 16.1. The minimum Gasteiger partial charge on any atom is -0.366 e. The van der Waals surface area contributed by atoms with Crippen LogP contribution in [0.1, 0.15) is 45.7 Å². The first-order valence-electron chi connectivity index (χ1n) is 6.92. The van der Waals surface area contributed by atoms with E-state index >= 15 is 0 Å². The second-order valence-corrected chi connectivity index (χ2v) is 4.97. The van der Waals surface area contributed by atoms with Crippen LogP contribution in [0.15, 0.2) is 48.5 Å². The molecule has 3 nitrogen and oxygen atoms in total. The summed E-state index contributed by atoms with van der Waals surface area (Å²) in [5.74, 6) is -0.563. The third-order valence-electron chi connectivity index (χ3n) is 3.51. The molecular weight excluding hydrogens is 273 g/mol. The van der Waals surface area contributed by atoms with Gasteiger partial charge in [-0.3, -0.25) is 9.59 Å².